The number of carbonyl (C=O) groups is 1. The second kappa shape index (κ2) is 7.41. The number of anilines is 1. The summed E-state index contributed by atoms with van der Waals surface area (Å²) in [6.45, 7) is 1.82. The molecule has 1 aromatic carbocycles. The number of rotatable bonds is 6. The van der Waals surface area contributed by atoms with Crippen molar-refractivity contribution in [1.29, 1.82) is 0 Å². The molecule has 24 heavy (non-hydrogen) atoms. The fourth-order valence-corrected chi connectivity index (χ4v) is 3.00. The number of hydrogen-bond acceptors (Lipinski definition) is 9. The summed E-state index contributed by atoms with van der Waals surface area (Å²) in [5.41, 5.74) is 0.702. The van der Waals surface area contributed by atoms with E-state index in [0.717, 1.165) is 16.8 Å². The average molecular weight is 363 g/mol. The van der Waals surface area contributed by atoms with Gasteiger partial charge in [0.1, 0.15) is 10.8 Å². The average Bonchev–Trinajstić information content (AvgIpc) is 3.22. The van der Waals surface area contributed by atoms with E-state index < -0.39 is 0 Å². The molecule has 3 rings (SSSR count). The van der Waals surface area contributed by atoms with E-state index in [0.29, 0.717) is 27.6 Å². The van der Waals surface area contributed by atoms with Crippen LogP contribution in [-0.4, -0.2) is 39.2 Å². The highest BCUT2D eigenvalue weighted by Crippen LogP contribution is 2.30. The van der Waals surface area contributed by atoms with Gasteiger partial charge >= 0.3 is 0 Å². The molecule has 0 fully saturated rings. The first-order chi connectivity index (χ1) is 11.7. The van der Waals surface area contributed by atoms with E-state index in [-0.39, 0.29) is 11.7 Å². The van der Waals surface area contributed by atoms with E-state index in [9.17, 15) is 4.79 Å². The lowest BCUT2D eigenvalue weighted by Crippen LogP contribution is -2.13. The van der Waals surface area contributed by atoms with Crippen LogP contribution in [-0.2, 0) is 4.79 Å². The first kappa shape index (κ1) is 16.4. The molecule has 1 amide bonds. The predicted octanol–water partition coefficient (Wildman–Crippen LogP) is 2.64. The number of ether oxygens (including phenoxy) is 1. The molecule has 1 N–H and O–H groups in total. The number of hydrogen-bond donors (Lipinski definition) is 1. The second-order valence-electron chi connectivity index (χ2n) is 4.54. The van der Waals surface area contributed by atoms with Gasteiger partial charge in [0.05, 0.1) is 18.4 Å². The molecule has 0 unspecified atom stereocenters. The first-order valence-corrected chi connectivity index (χ1v) is 8.65. The summed E-state index contributed by atoms with van der Waals surface area (Å²) in [7, 11) is 1.57. The molecule has 0 saturated carbocycles. The lowest BCUT2D eigenvalue weighted by Gasteiger charge is -2.03. The largest absolute Gasteiger partial charge is 0.496 e. The molecule has 0 aliphatic heterocycles. The Morgan fingerprint density at radius 2 is 2.12 bits per heavy atom. The quantitative estimate of drug-likeness (QED) is 0.667. The number of thioether (sulfide) groups is 1. The van der Waals surface area contributed by atoms with Crippen molar-refractivity contribution < 1.29 is 13.9 Å². The van der Waals surface area contributed by atoms with Crippen LogP contribution in [0.3, 0.4) is 0 Å². The van der Waals surface area contributed by atoms with Crippen molar-refractivity contribution in [3.63, 3.8) is 0 Å². The number of amides is 1. The summed E-state index contributed by atoms with van der Waals surface area (Å²) in [5, 5.41) is 19.8. The minimum Gasteiger partial charge on any atom is -0.496 e. The van der Waals surface area contributed by atoms with Gasteiger partial charge in [-0.1, -0.05) is 35.2 Å². The maximum atomic E-state index is 11.9. The maximum Gasteiger partial charge on any atom is 0.277 e. The smallest absolute Gasteiger partial charge is 0.277 e. The SMILES string of the molecule is COc1ccccc1-c1nnc(SCC(=O)Nc2nnc(C)s2)o1. The topological polar surface area (TPSA) is 103 Å². The molecule has 0 spiro atoms. The van der Waals surface area contributed by atoms with Gasteiger partial charge in [0.25, 0.3) is 11.1 Å². The van der Waals surface area contributed by atoms with Gasteiger partial charge < -0.3 is 9.15 Å². The van der Waals surface area contributed by atoms with Crippen molar-refractivity contribution in [2.45, 2.75) is 12.1 Å². The van der Waals surface area contributed by atoms with Gasteiger partial charge in [-0.3, -0.25) is 10.1 Å². The van der Waals surface area contributed by atoms with Gasteiger partial charge in [-0.2, -0.15) is 0 Å². The molecule has 2 aromatic heterocycles. The minimum atomic E-state index is -0.215. The van der Waals surface area contributed by atoms with Crippen molar-refractivity contribution in [3.05, 3.63) is 29.3 Å². The van der Waals surface area contributed by atoms with E-state index in [4.69, 9.17) is 9.15 Å². The zero-order valence-electron chi connectivity index (χ0n) is 12.8. The molecule has 0 aliphatic carbocycles. The van der Waals surface area contributed by atoms with Crippen LogP contribution in [0.1, 0.15) is 5.01 Å². The standard InChI is InChI=1S/C14H13N5O3S2/c1-8-16-18-13(24-8)15-11(20)7-23-14-19-17-12(22-14)9-5-3-4-6-10(9)21-2/h3-6H,7H2,1-2H3,(H,15,18,20). The Bertz CT molecular complexity index is 848. The third-order valence-electron chi connectivity index (χ3n) is 2.84. The third-order valence-corrected chi connectivity index (χ3v) is 4.42. The molecule has 0 aliphatic rings. The summed E-state index contributed by atoms with van der Waals surface area (Å²) < 4.78 is 10.8. The Hall–Kier alpha value is -2.46. The van der Waals surface area contributed by atoms with E-state index in [1.54, 1.807) is 7.11 Å². The molecule has 0 atom stereocenters. The van der Waals surface area contributed by atoms with Crippen molar-refractivity contribution in [1.82, 2.24) is 20.4 Å². The third kappa shape index (κ3) is 3.89. The van der Waals surface area contributed by atoms with E-state index >= 15 is 0 Å². The summed E-state index contributed by atoms with van der Waals surface area (Å²) in [4.78, 5) is 11.9. The normalized spacial score (nSPS) is 10.6. The van der Waals surface area contributed by atoms with Gasteiger partial charge in [0.2, 0.25) is 11.0 Å². The van der Waals surface area contributed by atoms with Crippen LogP contribution in [0.25, 0.3) is 11.5 Å². The molecular weight excluding hydrogens is 350 g/mol. The Morgan fingerprint density at radius 1 is 1.29 bits per heavy atom. The van der Waals surface area contributed by atoms with Crippen LogP contribution >= 0.6 is 23.1 Å². The van der Waals surface area contributed by atoms with Crippen molar-refractivity contribution in [3.8, 4) is 17.2 Å². The number of benzene rings is 1. The number of nitrogens with one attached hydrogen (secondary N) is 1. The van der Waals surface area contributed by atoms with Gasteiger partial charge in [-0.25, -0.2) is 0 Å². The molecule has 8 nitrogen and oxygen atoms in total. The predicted molar refractivity (Wildman–Crippen MR) is 90.3 cm³/mol. The summed E-state index contributed by atoms with van der Waals surface area (Å²) in [6.07, 6.45) is 0. The Labute approximate surface area is 145 Å². The molecule has 0 bridgehead atoms. The number of nitrogens with zero attached hydrogens (tertiary/aromatic N) is 4. The lowest BCUT2D eigenvalue weighted by molar-refractivity contribution is -0.113. The first-order valence-electron chi connectivity index (χ1n) is 6.85. The van der Waals surface area contributed by atoms with Crippen LogP contribution < -0.4 is 10.1 Å². The molecule has 0 radical (unpaired) electrons. The van der Waals surface area contributed by atoms with Crippen LogP contribution in [0.15, 0.2) is 33.9 Å². The Kier molecular flexibility index (Phi) is 5.06. The molecule has 0 saturated heterocycles. The number of methoxy groups -OCH3 is 1. The fraction of sp³-hybridized carbons (Fsp3) is 0.214. The summed E-state index contributed by atoms with van der Waals surface area (Å²) in [6, 6.07) is 7.34. The molecule has 10 heteroatoms. The second-order valence-corrected chi connectivity index (χ2v) is 6.64. The number of aryl methyl sites for hydroxylation is 1. The Balaban J connectivity index is 1.61. The van der Waals surface area contributed by atoms with Gasteiger partial charge in [0, 0.05) is 0 Å². The highest BCUT2D eigenvalue weighted by Gasteiger charge is 2.15. The fourth-order valence-electron chi connectivity index (χ4n) is 1.83. The van der Waals surface area contributed by atoms with Crippen LogP contribution in [0.2, 0.25) is 0 Å². The number of para-hydroxylation sites is 1. The number of aromatic nitrogens is 4. The van der Waals surface area contributed by atoms with Gasteiger partial charge in [0.15, 0.2) is 0 Å². The zero-order chi connectivity index (χ0) is 16.9. The highest BCUT2D eigenvalue weighted by molar-refractivity contribution is 7.99. The van der Waals surface area contributed by atoms with Gasteiger partial charge in [-0.15, -0.1) is 20.4 Å². The minimum absolute atomic E-state index is 0.131. The monoisotopic (exact) mass is 363 g/mol. The zero-order valence-corrected chi connectivity index (χ0v) is 14.5. The van der Waals surface area contributed by atoms with Crippen molar-refractivity contribution in [2.24, 2.45) is 0 Å². The highest BCUT2D eigenvalue weighted by atomic mass is 32.2. The van der Waals surface area contributed by atoms with Crippen LogP contribution in [0.4, 0.5) is 5.13 Å². The molecular formula is C14H13N5O3S2. The van der Waals surface area contributed by atoms with Crippen LogP contribution in [0, 0.1) is 6.92 Å². The Morgan fingerprint density at radius 3 is 2.88 bits per heavy atom. The van der Waals surface area contributed by atoms with E-state index in [1.165, 1.54) is 11.3 Å². The molecule has 3 aromatic rings. The number of carbonyl (C=O) groups excluding carboxylic acids is 1. The molecule has 2 heterocycles. The van der Waals surface area contributed by atoms with Crippen LogP contribution in [0.5, 0.6) is 5.75 Å². The van der Waals surface area contributed by atoms with Crippen molar-refractivity contribution in [2.75, 3.05) is 18.2 Å². The summed E-state index contributed by atoms with van der Waals surface area (Å²) >= 11 is 2.46. The lowest BCUT2D eigenvalue weighted by atomic mass is 10.2. The van der Waals surface area contributed by atoms with Gasteiger partial charge in [-0.05, 0) is 19.1 Å². The van der Waals surface area contributed by atoms with Crippen molar-refractivity contribution >= 4 is 34.1 Å². The molecule has 124 valence electrons. The maximum absolute atomic E-state index is 11.9. The summed E-state index contributed by atoms with van der Waals surface area (Å²) in [5.74, 6) is 0.900. The van der Waals surface area contributed by atoms with E-state index in [1.807, 2.05) is 31.2 Å². The van der Waals surface area contributed by atoms with E-state index in [2.05, 4.69) is 25.7 Å².